The molecule has 0 atom stereocenters. The van der Waals surface area contributed by atoms with Crippen LogP contribution in [0.4, 0.5) is 0 Å². The van der Waals surface area contributed by atoms with E-state index in [1.54, 1.807) is 23.7 Å². The van der Waals surface area contributed by atoms with E-state index in [9.17, 15) is 22.8 Å². The van der Waals surface area contributed by atoms with Gasteiger partial charge in [0.2, 0.25) is 0 Å². The SMILES string of the molecule is CCn1nc(CCCCC(=O)c2ccc(S(=O)(=O)C3CCC(C(C)=O)CC3)cc2)c2c1C(=O)NCCCOCCC2. The Balaban J connectivity index is 1.32. The van der Waals surface area contributed by atoms with E-state index in [-0.39, 0.29) is 28.3 Å². The predicted octanol–water partition coefficient (Wildman–Crippen LogP) is 4.50. The molecule has 2 aromatic rings. The number of rotatable bonds is 10. The van der Waals surface area contributed by atoms with E-state index in [0.29, 0.717) is 82.5 Å². The van der Waals surface area contributed by atoms with Crippen molar-refractivity contribution >= 4 is 27.3 Å². The van der Waals surface area contributed by atoms with Crippen LogP contribution in [0.25, 0.3) is 0 Å². The molecule has 1 aliphatic carbocycles. The fourth-order valence-corrected chi connectivity index (χ4v) is 7.73. The lowest BCUT2D eigenvalue weighted by atomic mass is 9.86. The Labute approximate surface area is 243 Å². The first-order valence-corrected chi connectivity index (χ1v) is 16.6. The van der Waals surface area contributed by atoms with E-state index in [1.165, 1.54) is 12.1 Å². The zero-order chi connectivity index (χ0) is 29.4. The lowest BCUT2D eigenvalue weighted by Gasteiger charge is -2.26. The number of sulfone groups is 1. The summed E-state index contributed by atoms with van der Waals surface area (Å²) in [7, 11) is -3.50. The third-order valence-corrected chi connectivity index (χ3v) is 10.7. The molecule has 1 amide bonds. The van der Waals surface area contributed by atoms with Gasteiger partial charge in [0.05, 0.1) is 15.8 Å². The molecule has 2 aliphatic rings. The van der Waals surface area contributed by atoms with Crippen molar-refractivity contribution in [2.45, 2.75) is 101 Å². The first-order chi connectivity index (χ1) is 19.7. The van der Waals surface area contributed by atoms with E-state index in [4.69, 9.17) is 9.84 Å². The quantitative estimate of drug-likeness (QED) is 0.322. The van der Waals surface area contributed by atoms with Gasteiger partial charge in [0.1, 0.15) is 11.5 Å². The minimum Gasteiger partial charge on any atom is -0.381 e. The number of carbonyl (C=O) groups is 3. The van der Waals surface area contributed by atoms with Gasteiger partial charge >= 0.3 is 0 Å². The van der Waals surface area contributed by atoms with Gasteiger partial charge in [-0.15, -0.1) is 0 Å². The number of unbranched alkanes of at least 4 members (excludes halogenated alkanes) is 1. The third-order valence-electron chi connectivity index (χ3n) is 8.37. The van der Waals surface area contributed by atoms with Gasteiger partial charge in [-0.3, -0.25) is 19.1 Å². The number of ether oxygens (including phenoxy) is 1. The highest BCUT2D eigenvalue weighted by molar-refractivity contribution is 7.92. The zero-order valence-electron chi connectivity index (χ0n) is 24.3. The Bertz CT molecular complexity index is 1320. The summed E-state index contributed by atoms with van der Waals surface area (Å²) in [4.78, 5) is 37.6. The number of carbonyl (C=O) groups excluding carboxylic acids is 3. The fourth-order valence-electron chi connectivity index (χ4n) is 5.93. The van der Waals surface area contributed by atoms with Crippen molar-refractivity contribution in [2.24, 2.45) is 5.92 Å². The summed E-state index contributed by atoms with van der Waals surface area (Å²) in [5, 5.41) is 7.25. The van der Waals surface area contributed by atoms with Gasteiger partial charge < -0.3 is 10.1 Å². The lowest BCUT2D eigenvalue weighted by molar-refractivity contribution is -0.121. The van der Waals surface area contributed by atoms with Crippen LogP contribution in [0.5, 0.6) is 0 Å². The van der Waals surface area contributed by atoms with Crippen molar-refractivity contribution in [1.82, 2.24) is 15.1 Å². The van der Waals surface area contributed by atoms with Crippen molar-refractivity contribution in [3.8, 4) is 0 Å². The summed E-state index contributed by atoms with van der Waals surface area (Å²) in [5.41, 5.74) is 3.04. The second-order valence-corrected chi connectivity index (χ2v) is 13.4. The van der Waals surface area contributed by atoms with Crippen LogP contribution < -0.4 is 5.32 Å². The number of aryl methyl sites for hydroxylation is 2. The molecule has 1 aromatic carbocycles. The highest BCUT2D eigenvalue weighted by Crippen LogP contribution is 2.32. The van der Waals surface area contributed by atoms with E-state index < -0.39 is 15.1 Å². The van der Waals surface area contributed by atoms with Crippen molar-refractivity contribution in [1.29, 1.82) is 0 Å². The molecule has 41 heavy (non-hydrogen) atoms. The number of benzene rings is 1. The smallest absolute Gasteiger partial charge is 0.269 e. The van der Waals surface area contributed by atoms with E-state index >= 15 is 0 Å². The summed E-state index contributed by atoms with van der Waals surface area (Å²) in [6.07, 6.45) is 7.00. The molecule has 1 aliphatic heterocycles. The molecule has 0 bridgehead atoms. The molecular formula is C31H43N3O6S. The van der Waals surface area contributed by atoms with Gasteiger partial charge in [-0.1, -0.05) is 12.1 Å². The normalized spacial score (nSPS) is 20.5. The second kappa shape index (κ2) is 14.4. The summed E-state index contributed by atoms with van der Waals surface area (Å²) < 4.78 is 33.7. The van der Waals surface area contributed by atoms with E-state index in [1.807, 2.05) is 6.92 Å². The summed E-state index contributed by atoms with van der Waals surface area (Å²) in [6.45, 7) is 6.02. The predicted molar refractivity (Wildman–Crippen MR) is 156 cm³/mol. The highest BCUT2D eigenvalue weighted by Gasteiger charge is 2.33. The Kier molecular flexibility index (Phi) is 10.9. The van der Waals surface area contributed by atoms with Gasteiger partial charge in [0.25, 0.3) is 5.91 Å². The van der Waals surface area contributed by atoms with Gasteiger partial charge in [0.15, 0.2) is 15.6 Å². The van der Waals surface area contributed by atoms with Crippen LogP contribution in [0.3, 0.4) is 0 Å². The lowest BCUT2D eigenvalue weighted by Crippen LogP contribution is -2.29. The van der Waals surface area contributed by atoms with Crippen LogP contribution in [0.15, 0.2) is 29.2 Å². The number of ketones is 2. The van der Waals surface area contributed by atoms with Crippen LogP contribution >= 0.6 is 0 Å². The molecule has 10 heteroatoms. The van der Waals surface area contributed by atoms with Gasteiger partial charge in [-0.05, 0) is 90.2 Å². The first kappa shape index (κ1) is 31.1. The molecule has 1 aromatic heterocycles. The van der Waals surface area contributed by atoms with Gasteiger partial charge in [0, 0.05) is 49.8 Å². The van der Waals surface area contributed by atoms with Crippen molar-refractivity contribution < 1.29 is 27.5 Å². The minimum absolute atomic E-state index is 0.0224. The van der Waals surface area contributed by atoms with Crippen LogP contribution in [0.2, 0.25) is 0 Å². The monoisotopic (exact) mass is 585 g/mol. The summed E-state index contributed by atoms with van der Waals surface area (Å²) in [6, 6.07) is 6.29. The van der Waals surface area contributed by atoms with Crippen molar-refractivity contribution in [2.75, 3.05) is 19.8 Å². The summed E-state index contributed by atoms with van der Waals surface area (Å²) >= 11 is 0. The zero-order valence-corrected chi connectivity index (χ0v) is 25.1. The first-order valence-electron chi connectivity index (χ1n) is 15.0. The average molecular weight is 586 g/mol. The minimum atomic E-state index is -3.50. The number of nitrogens with zero attached hydrogens (tertiary/aromatic N) is 2. The fraction of sp³-hybridized carbons (Fsp3) is 0.613. The molecule has 0 spiro atoms. The molecule has 2 heterocycles. The molecule has 1 saturated carbocycles. The second-order valence-electron chi connectivity index (χ2n) is 11.2. The molecule has 0 unspecified atom stereocenters. The van der Waals surface area contributed by atoms with Gasteiger partial charge in [-0.25, -0.2) is 8.42 Å². The average Bonchev–Trinajstić information content (AvgIpc) is 3.31. The standard InChI is InChI=1S/C31H43N3O6S/c1-3-34-30-27(8-6-20-40-21-7-19-32-31(30)37)28(33-34)9-4-5-10-29(36)24-13-17-26(18-14-24)41(38,39)25-15-11-23(12-16-25)22(2)35/h13-14,17-18,23,25H,3-12,15-16,19-21H2,1-2H3,(H,32,37). The molecule has 0 radical (unpaired) electrons. The number of hydrogen-bond acceptors (Lipinski definition) is 7. The third kappa shape index (κ3) is 7.71. The maximum absolute atomic E-state index is 13.1. The Morgan fingerprint density at radius 2 is 1.76 bits per heavy atom. The number of nitrogens with one attached hydrogen (secondary N) is 1. The Morgan fingerprint density at radius 3 is 2.44 bits per heavy atom. The van der Waals surface area contributed by atoms with Crippen LogP contribution in [-0.2, 0) is 38.8 Å². The number of amides is 1. The molecule has 9 nitrogen and oxygen atoms in total. The number of Topliss-reactive ketones (excluding diaryl/α,β-unsaturated/α-hetero) is 2. The number of fused-ring (bicyclic) bond motifs is 1. The van der Waals surface area contributed by atoms with Crippen LogP contribution in [0, 0.1) is 5.92 Å². The van der Waals surface area contributed by atoms with Gasteiger partial charge in [-0.2, -0.15) is 5.10 Å². The van der Waals surface area contributed by atoms with Crippen LogP contribution in [0.1, 0.15) is 104 Å². The van der Waals surface area contributed by atoms with E-state index in [0.717, 1.165) is 36.9 Å². The molecule has 0 saturated heterocycles. The molecular weight excluding hydrogens is 542 g/mol. The molecule has 1 fully saturated rings. The Morgan fingerprint density at radius 1 is 1.05 bits per heavy atom. The number of hydrogen-bond donors (Lipinski definition) is 1. The number of aromatic nitrogens is 2. The summed E-state index contributed by atoms with van der Waals surface area (Å²) in [5.74, 6) is -0.0120. The van der Waals surface area contributed by atoms with Crippen molar-refractivity contribution in [3.05, 3.63) is 46.8 Å². The van der Waals surface area contributed by atoms with Crippen LogP contribution in [-0.4, -0.2) is 60.7 Å². The van der Waals surface area contributed by atoms with E-state index in [2.05, 4.69) is 5.32 Å². The Hall–Kier alpha value is -2.85. The maximum Gasteiger partial charge on any atom is 0.269 e. The largest absolute Gasteiger partial charge is 0.381 e. The maximum atomic E-state index is 13.1. The molecule has 1 N–H and O–H groups in total. The molecule has 224 valence electrons. The topological polar surface area (TPSA) is 124 Å². The highest BCUT2D eigenvalue weighted by atomic mass is 32.2. The van der Waals surface area contributed by atoms with Crippen molar-refractivity contribution in [3.63, 3.8) is 0 Å². The molecule has 4 rings (SSSR count).